The number of carbonyl (C=O) groups is 2. The van der Waals surface area contributed by atoms with E-state index in [0.717, 1.165) is 19.7 Å². The highest BCUT2D eigenvalue weighted by molar-refractivity contribution is 14.1. The van der Waals surface area contributed by atoms with Crippen molar-refractivity contribution in [1.82, 2.24) is 0 Å². The fraction of sp³-hybridized carbons (Fsp3) is 0.176. The number of halogens is 2. The number of para-hydroxylation sites is 1. The number of anilines is 1. The summed E-state index contributed by atoms with van der Waals surface area (Å²) in [6.07, 6.45) is -0.193. The van der Waals surface area contributed by atoms with Crippen LogP contribution in [-0.2, 0) is 16.1 Å². The SMILES string of the molecule is O=C(O)CC1Sc2ccccc2N(Cc2ccc(I)c(Cl)c2)C1=O. The Hall–Kier alpha value is -1.25. The molecule has 0 spiro atoms. The van der Waals surface area contributed by atoms with Crippen molar-refractivity contribution in [2.75, 3.05) is 4.90 Å². The van der Waals surface area contributed by atoms with Crippen LogP contribution < -0.4 is 4.90 Å². The molecule has 4 nitrogen and oxygen atoms in total. The van der Waals surface area contributed by atoms with Gasteiger partial charge in [0.1, 0.15) is 0 Å². The number of hydrogen-bond acceptors (Lipinski definition) is 3. The number of fused-ring (bicyclic) bond motifs is 1. The van der Waals surface area contributed by atoms with Crippen LogP contribution in [0, 0.1) is 3.57 Å². The molecule has 1 amide bonds. The molecule has 0 saturated carbocycles. The van der Waals surface area contributed by atoms with Crippen LogP contribution >= 0.6 is 46.0 Å². The molecule has 1 N–H and O–H groups in total. The second-order valence-electron chi connectivity index (χ2n) is 5.34. The van der Waals surface area contributed by atoms with E-state index < -0.39 is 11.2 Å². The molecule has 2 aromatic carbocycles. The van der Waals surface area contributed by atoms with Crippen LogP contribution in [0.1, 0.15) is 12.0 Å². The number of carboxylic acid groups (broad SMARTS) is 1. The second-order valence-corrected chi connectivity index (χ2v) is 8.16. The van der Waals surface area contributed by atoms with Crippen LogP contribution in [0.4, 0.5) is 5.69 Å². The first-order valence-electron chi connectivity index (χ1n) is 7.18. The molecular weight excluding hydrogens is 461 g/mol. The maximum absolute atomic E-state index is 12.8. The van der Waals surface area contributed by atoms with E-state index in [1.807, 2.05) is 42.5 Å². The van der Waals surface area contributed by atoms with Gasteiger partial charge in [0.25, 0.3) is 0 Å². The van der Waals surface area contributed by atoms with Crippen molar-refractivity contribution in [3.8, 4) is 0 Å². The predicted octanol–water partition coefficient (Wildman–Crippen LogP) is 4.43. The summed E-state index contributed by atoms with van der Waals surface area (Å²) in [7, 11) is 0. The van der Waals surface area contributed by atoms with E-state index in [-0.39, 0.29) is 12.3 Å². The van der Waals surface area contributed by atoms with Gasteiger partial charge in [-0.2, -0.15) is 0 Å². The first kappa shape index (κ1) is 17.6. The third-order valence-corrected chi connectivity index (χ3v) is 6.48. The zero-order valence-corrected chi connectivity index (χ0v) is 16.1. The van der Waals surface area contributed by atoms with Gasteiger partial charge in [-0.3, -0.25) is 9.59 Å². The minimum atomic E-state index is -0.975. The molecule has 7 heteroatoms. The second kappa shape index (κ2) is 7.33. The highest BCUT2D eigenvalue weighted by Gasteiger charge is 2.34. The third-order valence-electron chi connectivity index (χ3n) is 3.65. The molecule has 0 fully saturated rings. The van der Waals surface area contributed by atoms with Crippen LogP contribution in [0.3, 0.4) is 0 Å². The average molecular weight is 474 g/mol. The molecule has 1 aliphatic rings. The molecule has 0 aliphatic carbocycles. The van der Waals surface area contributed by atoms with E-state index in [4.69, 9.17) is 16.7 Å². The number of thioether (sulfide) groups is 1. The van der Waals surface area contributed by atoms with Crippen molar-refractivity contribution in [2.45, 2.75) is 23.1 Å². The zero-order chi connectivity index (χ0) is 17.3. The number of amides is 1. The Labute approximate surface area is 162 Å². The first-order valence-corrected chi connectivity index (χ1v) is 9.52. The standard InChI is InChI=1S/C17H13ClINO3S/c18-11-7-10(5-6-12(11)19)9-20-13-3-1-2-4-14(13)24-15(17(20)23)8-16(21)22/h1-7,15H,8-9H2,(H,21,22). The van der Waals surface area contributed by atoms with Crippen molar-refractivity contribution >= 4 is 63.5 Å². The average Bonchev–Trinajstić information content (AvgIpc) is 2.54. The molecule has 0 radical (unpaired) electrons. The van der Waals surface area contributed by atoms with Crippen molar-refractivity contribution in [3.05, 3.63) is 56.6 Å². The minimum Gasteiger partial charge on any atom is -0.481 e. The number of rotatable bonds is 4. The van der Waals surface area contributed by atoms with Gasteiger partial charge in [0.05, 0.1) is 28.9 Å². The summed E-state index contributed by atoms with van der Waals surface area (Å²) < 4.78 is 0.947. The number of nitrogens with zero attached hydrogens (tertiary/aromatic N) is 1. The van der Waals surface area contributed by atoms with Crippen LogP contribution in [0.5, 0.6) is 0 Å². The fourth-order valence-corrected chi connectivity index (χ4v) is 4.30. The van der Waals surface area contributed by atoms with E-state index in [1.165, 1.54) is 11.8 Å². The van der Waals surface area contributed by atoms with Crippen LogP contribution in [0.25, 0.3) is 0 Å². The smallest absolute Gasteiger partial charge is 0.305 e. The van der Waals surface area contributed by atoms with Crippen LogP contribution in [0.2, 0.25) is 5.02 Å². The summed E-state index contributed by atoms with van der Waals surface area (Å²) in [4.78, 5) is 26.4. The van der Waals surface area contributed by atoms with Gasteiger partial charge in [-0.1, -0.05) is 29.8 Å². The third kappa shape index (κ3) is 3.70. The Morgan fingerprint density at radius 1 is 1.29 bits per heavy atom. The normalized spacial score (nSPS) is 16.8. The number of aliphatic carboxylic acids is 1. The molecule has 2 aromatic rings. The summed E-state index contributed by atoms with van der Waals surface area (Å²) in [5.41, 5.74) is 1.72. The van der Waals surface area contributed by atoms with Gasteiger partial charge < -0.3 is 10.0 Å². The fourth-order valence-electron chi connectivity index (χ4n) is 2.55. The molecule has 124 valence electrons. The molecule has 0 saturated heterocycles. The van der Waals surface area contributed by atoms with E-state index in [0.29, 0.717) is 11.6 Å². The monoisotopic (exact) mass is 473 g/mol. The summed E-state index contributed by atoms with van der Waals surface area (Å²) in [5, 5.41) is 9.10. The number of hydrogen-bond donors (Lipinski definition) is 1. The summed E-state index contributed by atoms with van der Waals surface area (Å²) in [5.74, 6) is -1.16. The zero-order valence-electron chi connectivity index (χ0n) is 12.4. The van der Waals surface area contributed by atoms with Gasteiger partial charge in [-0.15, -0.1) is 11.8 Å². The molecule has 0 aromatic heterocycles. The van der Waals surface area contributed by atoms with Crippen molar-refractivity contribution in [3.63, 3.8) is 0 Å². The summed E-state index contributed by atoms with van der Waals surface area (Å²) in [6.45, 7) is 0.364. The minimum absolute atomic E-state index is 0.184. The Bertz CT molecular complexity index is 814. The molecule has 1 aliphatic heterocycles. The van der Waals surface area contributed by atoms with E-state index in [1.54, 1.807) is 4.90 Å². The van der Waals surface area contributed by atoms with Gasteiger partial charge in [0.15, 0.2) is 0 Å². The van der Waals surface area contributed by atoms with Gasteiger partial charge in [0, 0.05) is 8.47 Å². The maximum atomic E-state index is 12.8. The Balaban J connectivity index is 1.95. The quantitative estimate of drug-likeness (QED) is 0.668. The van der Waals surface area contributed by atoms with E-state index in [9.17, 15) is 9.59 Å². The lowest BCUT2D eigenvalue weighted by molar-refractivity contribution is -0.138. The van der Waals surface area contributed by atoms with Crippen molar-refractivity contribution in [2.24, 2.45) is 0 Å². The van der Waals surface area contributed by atoms with E-state index >= 15 is 0 Å². The first-order chi connectivity index (χ1) is 11.5. The maximum Gasteiger partial charge on any atom is 0.305 e. The van der Waals surface area contributed by atoms with Crippen molar-refractivity contribution in [1.29, 1.82) is 0 Å². The number of carbonyl (C=O) groups excluding carboxylic acids is 1. The highest BCUT2D eigenvalue weighted by atomic mass is 127. The molecule has 1 unspecified atom stereocenters. The predicted molar refractivity (Wildman–Crippen MR) is 104 cm³/mol. The largest absolute Gasteiger partial charge is 0.481 e. The lowest BCUT2D eigenvalue weighted by Gasteiger charge is -2.33. The lowest BCUT2D eigenvalue weighted by atomic mass is 10.1. The van der Waals surface area contributed by atoms with Gasteiger partial charge in [-0.05, 0) is 52.4 Å². The topological polar surface area (TPSA) is 57.6 Å². The highest BCUT2D eigenvalue weighted by Crippen LogP contribution is 2.41. The lowest BCUT2D eigenvalue weighted by Crippen LogP contribution is -2.41. The van der Waals surface area contributed by atoms with Gasteiger partial charge in [-0.25, -0.2) is 0 Å². The molecule has 3 rings (SSSR count). The van der Waals surface area contributed by atoms with E-state index in [2.05, 4.69) is 22.6 Å². The summed E-state index contributed by atoms with van der Waals surface area (Å²) in [6, 6.07) is 13.2. The molecule has 1 atom stereocenters. The number of benzene rings is 2. The van der Waals surface area contributed by atoms with Crippen molar-refractivity contribution < 1.29 is 14.7 Å². The van der Waals surface area contributed by atoms with Gasteiger partial charge >= 0.3 is 5.97 Å². The summed E-state index contributed by atoms with van der Waals surface area (Å²) >= 11 is 9.64. The van der Waals surface area contributed by atoms with Crippen LogP contribution in [-0.4, -0.2) is 22.2 Å². The Morgan fingerprint density at radius 3 is 2.75 bits per heavy atom. The Morgan fingerprint density at radius 2 is 2.04 bits per heavy atom. The molecular formula is C17H13ClINO3S. The molecule has 24 heavy (non-hydrogen) atoms. The molecule has 1 heterocycles. The van der Waals surface area contributed by atoms with Crippen LogP contribution in [0.15, 0.2) is 47.4 Å². The molecule has 0 bridgehead atoms. The van der Waals surface area contributed by atoms with Gasteiger partial charge in [0.2, 0.25) is 5.91 Å². The number of carboxylic acids is 1. The Kier molecular flexibility index (Phi) is 5.36.